The second-order valence-corrected chi connectivity index (χ2v) is 3.08. The van der Waals surface area contributed by atoms with Crippen LogP contribution < -0.4 is 0 Å². The zero-order valence-corrected chi connectivity index (χ0v) is 7.38. The molecule has 1 aromatic carbocycles. The van der Waals surface area contributed by atoms with Crippen LogP contribution in [-0.4, -0.2) is 15.1 Å². The SMILES string of the molecule is C[C@@H](O)c1nc2cc(F)c(F)cc2[nH]1. The van der Waals surface area contributed by atoms with E-state index in [1.54, 1.807) is 0 Å². The highest BCUT2D eigenvalue weighted by Crippen LogP contribution is 2.18. The fourth-order valence-electron chi connectivity index (χ4n) is 1.22. The Morgan fingerprint density at radius 1 is 1.36 bits per heavy atom. The molecule has 0 bridgehead atoms. The Balaban J connectivity index is 2.66. The molecule has 5 heteroatoms. The van der Waals surface area contributed by atoms with Gasteiger partial charge in [-0.25, -0.2) is 13.8 Å². The summed E-state index contributed by atoms with van der Waals surface area (Å²) in [5, 5.41) is 9.18. The van der Waals surface area contributed by atoms with E-state index < -0.39 is 17.7 Å². The highest BCUT2D eigenvalue weighted by atomic mass is 19.2. The van der Waals surface area contributed by atoms with E-state index in [4.69, 9.17) is 0 Å². The molecule has 0 saturated heterocycles. The van der Waals surface area contributed by atoms with Crippen LogP contribution in [0.5, 0.6) is 0 Å². The van der Waals surface area contributed by atoms with Gasteiger partial charge in [-0.3, -0.25) is 0 Å². The normalized spacial score (nSPS) is 13.4. The fraction of sp³-hybridized carbons (Fsp3) is 0.222. The summed E-state index contributed by atoms with van der Waals surface area (Å²) in [6.07, 6.45) is -0.784. The largest absolute Gasteiger partial charge is 0.385 e. The standard InChI is InChI=1S/C9H8F2N2O/c1-4(14)9-12-7-2-5(10)6(11)3-8(7)13-9/h2-4,14H,1H3,(H,12,13)/t4-/m1/s1. The Bertz CT molecular complexity index is 440. The number of fused-ring (bicyclic) bond motifs is 1. The number of H-pyrrole nitrogens is 1. The minimum Gasteiger partial charge on any atom is -0.385 e. The van der Waals surface area contributed by atoms with Crippen molar-refractivity contribution in [3.8, 4) is 0 Å². The number of nitrogens with zero attached hydrogens (tertiary/aromatic N) is 1. The maximum Gasteiger partial charge on any atom is 0.161 e. The molecule has 2 aromatic rings. The van der Waals surface area contributed by atoms with Crippen molar-refractivity contribution in [3.05, 3.63) is 29.6 Å². The number of nitrogens with one attached hydrogen (secondary N) is 1. The van der Waals surface area contributed by atoms with Crippen molar-refractivity contribution in [2.24, 2.45) is 0 Å². The first-order valence-electron chi connectivity index (χ1n) is 4.10. The number of halogens is 2. The third-order valence-corrected chi connectivity index (χ3v) is 1.94. The molecule has 1 aromatic heterocycles. The molecule has 0 radical (unpaired) electrons. The predicted octanol–water partition coefficient (Wildman–Crippen LogP) is 1.89. The van der Waals surface area contributed by atoms with E-state index in [2.05, 4.69) is 9.97 Å². The van der Waals surface area contributed by atoms with Crippen LogP contribution in [0.3, 0.4) is 0 Å². The fourth-order valence-corrected chi connectivity index (χ4v) is 1.22. The van der Waals surface area contributed by atoms with Gasteiger partial charge in [0.25, 0.3) is 0 Å². The smallest absolute Gasteiger partial charge is 0.161 e. The second kappa shape index (κ2) is 3.02. The van der Waals surface area contributed by atoms with Gasteiger partial charge in [-0.05, 0) is 6.92 Å². The van der Waals surface area contributed by atoms with Crippen molar-refractivity contribution < 1.29 is 13.9 Å². The van der Waals surface area contributed by atoms with Gasteiger partial charge in [0.1, 0.15) is 11.9 Å². The molecule has 0 unspecified atom stereocenters. The average Bonchev–Trinajstić information content (AvgIpc) is 2.48. The summed E-state index contributed by atoms with van der Waals surface area (Å²) in [5.74, 6) is -1.58. The molecule has 0 aliphatic rings. The number of aliphatic hydroxyl groups excluding tert-OH is 1. The van der Waals surface area contributed by atoms with Gasteiger partial charge in [-0.1, -0.05) is 0 Å². The van der Waals surface area contributed by atoms with Crippen molar-refractivity contribution in [2.45, 2.75) is 13.0 Å². The van der Waals surface area contributed by atoms with Crippen molar-refractivity contribution in [2.75, 3.05) is 0 Å². The second-order valence-electron chi connectivity index (χ2n) is 3.08. The molecule has 0 fully saturated rings. The molecule has 0 aliphatic carbocycles. The summed E-state index contributed by atoms with van der Waals surface area (Å²) in [5.41, 5.74) is 0.680. The predicted molar refractivity (Wildman–Crippen MR) is 46.6 cm³/mol. The molecular formula is C9H8F2N2O. The minimum atomic E-state index is -0.943. The average molecular weight is 198 g/mol. The van der Waals surface area contributed by atoms with Gasteiger partial charge in [0.05, 0.1) is 11.0 Å². The molecule has 74 valence electrons. The summed E-state index contributed by atoms with van der Waals surface area (Å²) in [6, 6.07) is 2.01. The Hall–Kier alpha value is -1.49. The van der Waals surface area contributed by atoms with Crippen molar-refractivity contribution in [3.63, 3.8) is 0 Å². The maximum atomic E-state index is 12.8. The molecule has 1 atom stereocenters. The number of hydrogen-bond acceptors (Lipinski definition) is 2. The van der Waals surface area contributed by atoms with Gasteiger partial charge in [0, 0.05) is 12.1 Å². The summed E-state index contributed by atoms with van der Waals surface area (Å²) in [6.45, 7) is 1.52. The van der Waals surface area contributed by atoms with E-state index in [-0.39, 0.29) is 0 Å². The van der Waals surface area contributed by atoms with Crippen LogP contribution >= 0.6 is 0 Å². The Morgan fingerprint density at radius 3 is 2.64 bits per heavy atom. The highest BCUT2D eigenvalue weighted by molar-refractivity contribution is 5.75. The lowest BCUT2D eigenvalue weighted by molar-refractivity contribution is 0.190. The van der Waals surface area contributed by atoms with Crippen LogP contribution in [-0.2, 0) is 0 Å². The van der Waals surface area contributed by atoms with Gasteiger partial charge in [-0.2, -0.15) is 0 Å². The molecule has 1 heterocycles. The summed E-state index contributed by atoms with van der Waals surface area (Å²) < 4.78 is 25.5. The molecule has 2 N–H and O–H groups in total. The van der Waals surface area contributed by atoms with Gasteiger partial charge in [0.15, 0.2) is 11.6 Å². The monoisotopic (exact) mass is 198 g/mol. The first-order chi connectivity index (χ1) is 6.58. The molecular weight excluding hydrogens is 190 g/mol. The quantitative estimate of drug-likeness (QED) is 0.735. The number of imidazole rings is 1. The summed E-state index contributed by atoms with van der Waals surface area (Å²) in [4.78, 5) is 6.60. The highest BCUT2D eigenvalue weighted by Gasteiger charge is 2.10. The third-order valence-electron chi connectivity index (χ3n) is 1.94. The van der Waals surface area contributed by atoms with Crippen LogP contribution in [0.4, 0.5) is 8.78 Å². The van der Waals surface area contributed by atoms with Gasteiger partial charge in [0.2, 0.25) is 0 Å². The lowest BCUT2D eigenvalue weighted by atomic mass is 10.3. The van der Waals surface area contributed by atoms with Crippen molar-refractivity contribution >= 4 is 11.0 Å². The third kappa shape index (κ3) is 1.35. The van der Waals surface area contributed by atoms with Crippen LogP contribution in [0.15, 0.2) is 12.1 Å². The van der Waals surface area contributed by atoms with Gasteiger partial charge < -0.3 is 10.1 Å². The molecule has 0 amide bonds. The van der Waals surface area contributed by atoms with Crippen LogP contribution in [0, 0.1) is 11.6 Å². The zero-order chi connectivity index (χ0) is 10.3. The number of rotatable bonds is 1. The first-order valence-corrected chi connectivity index (χ1v) is 4.10. The van der Waals surface area contributed by atoms with E-state index in [1.165, 1.54) is 6.92 Å². The minimum absolute atomic E-state index is 0.296. The number of aromatic nitrogens is 2. The molecule has 0 saturated carbocycles. The number of aliphatic hydroxyl groups is 1. The zero-order valence-electron chi connectivity index (χ0n) is 7.38. The maximum absolute atomic E-state index is 12.8. The number of aromatic amines is 1. The van der Waals surface area contributed by atoms with Crippen molar-refractivity contribution in [1.82, 2.24) is 9.97 Å². The Morgan fingerprint density at radius 2 is 2.00 bits per heavy atom. The topological polar surface area (TPSA) is 48.9 Å². The van der Waals surface area contributed by atoms with Gasteiger partial charge in [-0.15, -0.1) is 0 Å². The van der Waals surface area contributed by atoms with Crippen LogP contribution in [0.25, 0.3) is 11.0 Å². The van der Waals surface area contributed by atoms with Crippen molar-refractivity contribution in [1.29, 1.82) is 0 Å². The lowest BCUT2D eigenvalue weighted by Gasteiger charge is -1.95. The first kappa shape index (κ1) is 9.08. The van der Waals surface area contributed by atoms with E-state index in [0.29, 0.717) is 16.9 Å². The molecule has 3 nitrogen and oxygen atoms in total. The Labute approximate surface area is 78.4 Å². The van der Waals surface area contributed by atoms with Crippen LogP contribution in [0.1, 0.15) is 18.9 Å². The van der Waals surface area contributed by atoms with E-state index in [9.17, 15) is 13.9 Å². The van der Waals surface area contributed by atoms with E-state index in [1.807, 2.05) is 0 Å². The molecule has 14 heavy (non-hydrogen) atoms. The Kier molecular flexibility index (Phi) is 1.96. The summed E-state index contributed by atoms with van der Waals surface area (Å²) >= 11 is 0. The number of benzene rings is 1. The van der Waals surface area contributed by atoms with Gasteiger partial charge >= 0.3 is 0 Å². The summed E-state index contributed by atoms with van der Waals surface area (Å²) in [7, 11) is 0. The lowest BCUT2D eigenvalue weighted by Crippen LogP contribution is -1.92. The molecule has 2 rings (SSSR count). The molecule has 0 aliphatic heterocycles. The van der Waals surface area contributed by atoms with Crippen LogP contribution in [0.2, 0.25) is 0 Å². The molecule has 0 spiro atoms. The van der Waals surface area contributed by atoms with E-state index >= 15 is 0 Å². The number of hydrogen-bond donors (Lipinski definition) is 2. The van der Waals surface area contributed by atoms with E-state index in [0.717, 1.165) is 12.1 Å².